The Labute approximate surface area is 423 Å². The normalized spacial score (nSPS) is 11.6. The third kappa shape index (κ3) is 7.29. The number of nitrogens with zero attached hydrogens (tertiary/aromatic N) is 2. The summed E-state index contributed by atoms with van der Waals surface area (Å²) in [5.74, 6) is 0. The van der Waals surface area contributed by atoms with E-state index in [2.05, 4.69) is 289 Å². The second-order valence-electron chi connectivity index (χ2n) is 18.8. The average molecular weight is 931 g/mol. The van der Waals surface area contributed by atoms with Gasteiger partial charge < -0.3 is 13.9 Å². The molecule has 0 amide bonds. The van der Waals surface area contributed by atoms with Crippen LogP contribution in [0.1, 0.15) is 0 Å². The monoisotopic (exact) mass is 930 g/mol. The van der Waals surface area contributed by atoms with Gasteiger partial charge in [0.05, 0.1) is 22.1 Å². The zero-order valence-corrected chi connectivity index (χ0v) is 39.9. The maximum absolute atomic E-state index is 6.83. The maximum atomic E-state index is 6.83. The Morgan fingerprint density at radius 2 is 0.836 bits per heavy atom. The number of benzene rings is 12. The SMILES string of the molecule is c1ccc(-c2ccc(N(c3ccc(-c4ccc(-c5ccc6ccccc6c5)cc4)cc3)c3ccc(-c4ccccc4-c4cccc5c4c4ccccc4n5-c4ccccc4)cc3)c3c2oc2ccccc23)cc1. The van der Waals surface area contributed by atoms with E-state index in [1.165, 1.54) is 66.0 Å². The molecule has 0 radical (unpaired) electrons. The molecule has 12 aromatic carbocycles. The summed E-state index contributed by atoms with van der Waals surface area (Å²) >= 11 is 0. The van der Waals surface area contributed by atoms with Gasteiger partial charge in [-0.25, -0.2) is 0 Å². The first kappa shape index (κ1) is 42.2. The molecule has 0 unspecified atom stereocenters. The molecule has 342 valence electrons. The number of furan rings is 1. The standard InChI is InChI=1S/C70H46N2O/c1-3-17-51(18-4-1)59-44-45-66(69-63-25-12-14-29-67(63)73-70(59)69)71(56-40-36-49(37-41-56)48-30-32-50(33-31-48)54-35-34-47-16-7-8-19-53(47)46-54)57-42-38-52(39-43-57)58-22-9-10-23-60(58)61-26-15-28-65-68(61)62-24-11-13-27-64(62)72(65)55-20-5-2-6-21-55/h1-46H. The van der Waals surface area contributed by atoms with Gasteiger partial charge in [-0.1, -0.05) is 206 Å². The van der Waals surface area contributed by atoms with Gasteiger partial charge in [-0.3, -0.25) is 0 Å². The van der Waals surface area contributed by atoms with E-state index < -0.39 is 0 Å². The van der Waals surface area contributed by atoms with Crippen LogP contribution in [0.25, 0.3) is 116 Å². The van der Waals surface area contributed by atoms with Crippen LogP contribution in [0.15, 0.2) is 283 Å². The molecular weight excluding hydrogens is 885 g/mol. The number of hydrogen-bond acceptors (Lipinski definition) is 2. The van der Waals surface area contributed by atoms with Crippen LogP contribution in [-0.2, 0) is 0 Å². The number of hydrogen-bond donors (Lipinski definition) is 0. The largest absolute Gasteiger partial charge is 0.455 e. The lowest BCUT2D eigenvalue weighted by molar-refractivity contribution is 0.670. The fourth-order valence-corrected chi connectivity index (χ4v) is 11.2. The zero-order valence-electron chi connectivity index (χ0n) is 39.9. The summed E-state index contributed by atoms with van der Waals surface area (Å²) < 4.78 is 9.22. The van der Waals surface area contributed by atoms with Crippen LogP contribution in [0.4, 0.5) is 17.1 Å². The first-order valence-corrected chi connectivity index (χ1v) is 25.0. The fourth-order valence-electron chi connectivity index (χ4n) is 11.2. The lowest BCUT2D eigenvalue weighted by Gasteiger charge is -2.27. The van der Waals surface area contributed by atoms with E-state index in [1.807, 2.05) is 0 Å². The highest BCUT2D eigenvalue weighted by Crippen LogP contribution is 2.48. The summed E-state index contributed by atoms with van der Waals surface area (Å²) in [5, 5.41) is 7.13. The molecule has 0 spiro atoms. The van der Waals surface area contributed by atoms with Crippen LogP contribution >= 0.6 is 0 Å². The Balaban J connectivity index is 0.889. The Bertz CT molecular complexity index is 4340. The first-order chi connectivity index (χ1) is 36.2. The zero-order chi connectivity index (χ0) is 48.2. The van der Waals surface area contributed by atoms with E-state index in [1.54, 1.807) is 0 Å². The quantitative estimate of drug-likeness (QED) is 0.144. The molecule has 0 saturated heterocycles. The fraction of sp³-hybridized carbons (Fsp3) is 0. The van der Waals surface area contributed by atoms with Crippen molar-refractivity contribution in [1.29, 1.82) is 0 Å². The highest BCUT2D eigenvalue weighted by atomic mass is 16.3. The minimum absolute atomic E-state index is 0.860. The third-order valence-electron chi connectivity index (χ3n) is 14.6. The van der Waals surface area contributed by atoms with Gasteiger partial charge in [-0.15, -0.1) is 0 Å². The van der Waals surface area contributed by atoms with Crippen LogP contribution in [0.2, 0.25) is 0 Å². The number of aromatic nitrogens is 1. The molecule has 0 bridgehead atoms. The molecule has 0 fully saturated rings. The van der Waals surface area contributed by atoms with E-state index in [0.717, 1.165) is 66.9 Å². The molecule has 0 atom stereocenters. The number of fused-ring (bicyclic) bond motifs is 7. The number of rotatable bonds is 9. The first-order valence-electron chi connectivity index (χ1n) is 25.0. The average Bonchev–Trinajstić information content (AvgIpc) is 4.03. The van der Waals surface area contributed by atoms with Crippen LogP contribution in [0.5, 0.6) is 0 Å². The lowest BCUT2D eigenvalue weighted by atomic mass is 9.92. The maximum Gasteiger partial charge on any atom is 0.145 e. The predicted octanol–water partition coefficient (Wildman–Crippen LogP) is 19.6. The van der Waals surface area contributed by atoms with E-state index in [4.69, 9.17) is 4.42 Å². The van der Waals surface area contributed by atoms with Gasteiger partial charge in [0, 0.05) is 38.8 Å². The molecule has 73 heavy (non-hydrogen) atoms. The Morgan fingerprint density at radius 1 is 0.301 bits per heavy atom. The molecule has 0 saturated carbocycles. The van der Waals surface area contributed by atoms with E-state index in [9.17, 15) is 0 Å². The summed E-state index contributed by atoms with van der Waals surface area (Å²) in [6.07, 6.45) is 0. The van der Waals surface area contributed by atoms with Crippen LogP contribution in [-0.4, -0.2) is 4.57 Å². The highest BCUT2D eigenvalue weighted by Gasteiger charge is 2.23. The highest BCUT2D eigenvalue weighted by molar-refractivity contribution is 6.18. The Hall–Kier alpha value is -9.70. The molecule has 0 aliphatic rings. The second-order valence-corrected chi connectivity index (χ2v) is 18.8. The van der Waals surface area contributed by atoms with Crippen molar-refractivity contribution in [2.45, 2.75) is 0 Å². The number of anilines is 3. The Morgan fingerprint density at radius 3 is 1.59 bits per heavy atom. The lowest BCUT2D eigenvalue weighted by Crippen LogP contribution is -2.10. The van der Waals surface area contributed by atoms with Crippen molar-refractivity contribution >= 4 is 71.6 Å². The Kier molecular flexibility index (Phi) is 10.2. The summed E-state index contributed by atoms with van der Waals surface area (Å²) in [7, 11) is 0. The molecule has 2 aromatic heterocycles. The molecule has 2 heterocycles. The van der Waals surface area contributed by atoms with E-state index in [0.29, 0.717) is 0 Å². The van der Waals surface area contributed by atoms with Gasteiger partial charge >= 0.3 is 0 Å². The molecule has 3 heteroatoms. The van der Waals surface area contributed by atoms with Crippen LogP contribution in [0, 0.1) is 0 Å². The van der Waals surface area contributed by atoms with E-state index >= 15 is 0 Å². The summed E-state index contributed by atoms with van der Waals surface area (Å²) in [4.78, 5) is 2.39. The topological polar surface area (TPSA) is 21.3 Å². The van der Waals surface area contributed by atoms with E-state index in [-0.39, 0.29) is 0 Å². The van der Waals surface area contributed by atoms with Crippen molar-refractivity contribution in [1.82, 2.24) is 4.57 Å². The predicted molar refractivity (Wildman–Crippen MR) is 307 cm³/mol. The molecule has 0 aliphatic carbocycles. The van der Waals surface area contributed by atoms with Crippen molar-refractivity contribution < 1.29 is 4.42 Å². The molecule has 14 rings (SSSR count). The smallest absolute Gasteiger partial charge is 0.145 e. The number of para-hydroxylation sites is 3. The van der Waals surface area contributed by atoms with Crippen LogP contribution in [0.3, 0.4) is 0 Å². The molecule has 0 aliphatic heterocycles. The van der Waals surface area contributed by atoms with Gasteiger partial charge in [0.1, 0.15) is 11.2 Å². The van der Waals surface area contributed by atoms with Gasteiger partial charge in [-0.2, -0.15) is 0 Å². The van der Waals surface area contributed by atoms with Gasteiger partial charge in [-0.05, 0) is 134 Å². The van der Waals surface area contributed by atoms with Crippen LogP contribution < -0.4 is 4.90 Å². The van der Waals surface area contributed by atoms with Gasteiger partial charge in [0.2, 0.25) is 0 Å². The van der Waals surface area contributed by atoms with Gasteiger partial charge in [0.25, 0.3) is 0 Å². The minimum Gasteiger partial charge on any atom is -0.455 e. The molecule has 0 N–H and O–H groups in total. The minimum atomic E-state index is 0.860. The van der Waals surface area contributed by atoms with Crippen molar-refractivity contribution in [2.24, 2.45) is 0 Å². The summed E-state index contributed by atoms with van der Waals surface area (Å²) in [6.45, 7) is 0. The van der Waals surface area contributed by atoms with Crippen molar-refractivity contribution in [2.75, 3.05) is 4.90 Å². The van der Waals surface area contributed by atoms with Gasteiger partial charge in [0.15, 0.2) is 0 Å². The van der Waals surface area contributed by atoms with Crippen molar-refractivity contribution in [3.63, 3.8) is 0 Å². The third-order valence-corrected chi connectivity index (χ3v) is 14.6. The molecule has 3 nitrogen and oxygen atoms in total. The molecular formula is C70H46N2O. The summed E-state index contributed by atoms with van der Waals surface area (Å²) in [6, 6.07) is 101. The summed E-state index contributed by atoms with van der Waals surface area (Å²) in [5.41, 5.74) is 20.0. The van der Waals surface area contributed by atoms with Crippen molar-refractivity contribution in [3.05, 3.63) is 279 Å². The second kappa shape index (κ2) is 17.6. The van der Waals surface area contributed by atoms with Crippen molar-refractivity contribution in [3.8, 4) is 61.3 Å². The molecule has 14 aromatic rings.